The second-order valence-corrected chi connectivity index (χ2v) is 6.69. The summed E-state index contributed by atoms with van der Waals surface area (Å²) < 4.78 is 5.51. The number of hydrogen-bond acceptors (Lipinski definition) is 5. The molecule has 2 aromatic rings. The Labute approximate surface area is 147 Å². The molecule has 1 saturated heterocycles. The van der Waals surface area contributed by atoms with E-state index in [1.807, 2.05) is 13.1 Å². The summed E-state index contributed by atoms with van der Waals surface area (Å²) in [5.41, 5.74) is 9.76. The number of aromatic nitrogens is 3. The number of hydrogen-bond donors (Lipinski definition) is 2. The molecule has 3 heterocycles. The maximum Gasteiger partial charge on any atom is 0.269 e. The van der Waals surface area contributed by atoms with E-state index in [2.05, 4.69) is 27.0 Å². The summed E-state index contributed by atoms with van der Waals surface area (Å²) in [6.45, 7) is 6.79. The van der Waals surface area contributed by atoms with Crippen LogP contribution >= 0.6 is 0 Å². The summed E-state index contributed by atoms with van der Waals surface area (Å²) in [5.74, 6) is 0.738. The number of pyridine rings is 1. The number of aromatic amines is 1. The lowest BCUT2D eigenvalue weighted by atomic mass is 9.94. The molecule has 1 aliphatic heterocycles. The van der Waals surface area contributed by atoms with Crippen LogP contribution in [0.2, 0.25) is 0 Å². The number of carbonyl (C=O) groups is 1. The molecule has 3 rings (SSSR count). The molecule has 7 nitrogen and oxygen atoms in total. The number of ether oxygens (including phenoxy) is 1. The minimum absolute atomic E-state index is 0.299. The van der Waals surface area contributed by atoms with Crippen molar-refractivity contribution >= 4 is 5.91 Å². The molecule has 0 aromatic carbocycles. The summed E-state index contributed by atoms with van der Waals surface area (Å²) in [4.78, 5) is 18.2. The molecule has 1 unspecified atom stereocenters. The molecule has 0 spiro atoms. The standard InChI is InChI=1S/C18H25N5O2/c1-11-8-20-16(12(2)17(11)25-3)10-23-6-4-5-13(9-23)14-7-15(18(19)24)22-21-14/h7-8,13H,4-6,9-10H2,1-3H3,(H2,19,24)(H,21,22). The van der Waals surface area contributed by atoms with E-state index in [0.29, 0.717) is 11.6 Å². The van der Waals surface area contributed by atoms with E-state index >= 15 is 0 Å². The molecule has 1 aliphatic rings. The molecule has 0 radical (unpaired) electrons. The number of primary amides is 1. The Bertz CT molecular complexity index is 771. The SMILES string of the molecule is COc1c(C)cnc(CN2CCCC(c3cc(C(N)=O)n[nH]3)C2)c1C. The first-order chi connectivity index (χ1) is 12.0. The van der Waals surface area contributed by atoms with Gasteiger partial charge in [-0.1, -0.05) is 0 Å². The van der Waals surface area contributed by atoms with E-state index in [1.165, 1.54) is 0 Å². The second-order valence-electron chi connectivity index (χ2n) is 6.69. The van der Waals surface area contributed by atoms with E-state index in [-0.39, 0.29) is 0 Å². The fourth-order valence-electron chi connectivity index (χ4n) is 3.57. The topological polar surface area (TPSA) is 97.1 Å². The van der Waals surface area contributed by atoms with Crippen LogP contribution in [0.25, 0.3) is 0 Å². The highest BCUT2D eigenvalue weighted by Crippen LogP contribution is 2.29. The molecular weight excluding hydrogens is 318 g/mol. The molecule has 25 heavy (non-hydrogen) atoms. The van der Waals surface area contributed by atoms with Crippen molar-refractivity contribution in [3.05, 3.63) is 40.5 Å². The molecule has 1 amide bonds. The predicted molar refractivity (Wildman–Crippen MR) is 94.6 cm³/mol. The Morgan fingerprint density at radius 2 is 2.28 bits per heavy atom. The largest absolute Gasteiger partial charge is 0.496 e. The van der Waals surface area contributed by atoms with Gasteiger partial charge in [-0.2, -0.15) is 5.10 Å². The number of methoxy groups -OCH3 is 1. The maximum absolute atomic E-state index is 11.2. The van der Waals surface area contributed by atoms with Gasteiger partial charge in [-0.3, -0.25) is 19.8 Å². The van der Waals surface area contributed by atoms with Gasteiger partial charge in [-0.05, 0) is 39.3 Å². The smallest absolute Gasteiger partial charge is 0.269 e. The van der Waals surface area contributed by atoms with Gasteiger partial charge < -0.3 is 10.5 Å². The highest BCUT2D eigenvalue weighted by atomic mass is 16.5. The normalized spacial score (nSPS) is 18.3. The van der Waals surface area contributed by atoms with Gasteiger partial charge in [0.1, 0.15) is 11.4 Å². The summed E-state index contributed by atoms with van der Waals surface area (Å²) >= 11 is 0. The third-order valence-electron chi connectivity index (χ3n) is 4.92. The van der Waals surface area contributed by atoms with Crippen LogP contribution in [-0.4, -0.2) is 46.2 Å². The first-order valence-corrected chi connectivity index (χ1v) is 8.56. The summed E-state index contributed by atoms with van der Waals surface area (Å²) in [6, 6.07) is 1.77. The molecule has 7 heteroatoms. The van der Waals surface area contributed by atoms with Crippen LogP contribution < -0.4 is 10.5 Å². The number of amides is 1. The van der Waals surface area contributed by atoms with Gasteiger partial charge in [0.05, 0.1) is 12.8 Å². The Morgan fingerprint density at radius 1 is 1.48 bits per heavy atom. The molecule has 1 atom stereocenters. The van der Waals surface area contributed by atoms with Crippen molar-refractivity contribution < 1.29 is 9.53 Å². The number of H-pyrrole nitrogens is 1. The zero-order valence-electron chi connectivity index (χ0n) is 15.0. The average molecular weight is 343 g/mol. The zero-order chi connectivity index (χ0) is 18.0. The Hall–Kier alpha value is -2.41. The number of aryl methyl sites for hydroxylation is 1. The van der Waals surface area contributed by atoms with E-state index in [0.717, 1.165) is 60.7 Å². The summed E-state index contributed by atoms with van der Waals surface area (Å²) in [5, 5.41) is 6.96. The van der Waals surface area contributed by atoms with Gasteiger partial charge in [-0.25, -0.2) is 0 Å². The lowest BCUT2D eigenvalue weighted by Crippen LogP contribution is -2.34. The van der Waals surface area contributed by atoms with Gasteiger partial charge in [0.25, 0.3) is 5.91 Å². The first kappa shape index (κ1) is 17.4. The van der Waals surface area contributed by atoms with Gasteiger partial charge in [0, 0.05) is 42.0 Å². The second kappa shape index (κ2) is 7.23. The Balaban J connectivity index is 1.72. The molecule has 134 valence electrons. The molecule has 0 bridgehead atoms. The monoisotopic (exact) mass is 343 g/mol. The van der Waals surface area contributed by atoms with Crippen LogP contribution in [0.5, 0.6) is 5.75 Å². The van der Waals surface area contributed by atoms with E-state index in [4.69, 9.17) is 10.5 Å². The zero-order valence-corrected chi connectivity index (χ0v) is 15.0. The van der Waals surface area contributed by atoms with Crippen LogP contribution in [0.15, 0.2) is 12.3 Å². The lowest BCUT2D eigenvalue weighted by Gasteiger charge is -2.32. The third-order valence-corrected chi connectivity index (χ3v) is 4.92. The average Bonchev–Trinajstić information content (AvgIpc) is 3.09. The van der Waals surface area contributed by atoms with Gasteiger partial charge >= 0.3 is 0 Å². The number of likely N-dealkylation sites (tertiary alicyclic amines) is 1. The Morgan fingerprint density at radius 3 is 2.96 bits per heavy atom. The van der Waals surface area contributed by atoms with E-state index in [9.17, 15) is 4.79 Å². The number of rotatable bonds is 5. The third kappa shape index (κ3) is 3.66. The molecule has 1 fully saturated rings. The van der Waals surface area contributed by atoms with Crippen molar-refractivity contribution in [1.29, 1.82) is 0 Å². The van der Waals surface area contributed by atoms with Crippen LogP contribution in [0.3, 0.4) is 0 Å². The van der Waals surface area contributed by atoms with Crippen molar-refractivity contribution in [2.75, 3.05) is 20.2 Å². The summed E-state index contributed by atoms with van der Waals surface area (Å²) in [7, 11) is 1.70. The number of nitrogens with zero attached hydrogens (tertiary/aromatic N) is 3. The fraction of sp³-hybridized carbons (Fsp3) is 0.500. The Kier molecular flexibility index (Phi) is 5.03. The van der Waals surface area contributed by atoms with Crippen molar-refractivity contribution in [1.82, 2.24) is 20.1 Å². The molecular formula is C18H25N5O2. The molecule has 0 saturated carbocycles. The van der Waals surface area contributed by atoms with E-state index < -0.39 is 5.91 Å². The minimum Gasteiger partial charge on any atom is -0.496 e. The van der Waals surface area contributed by atoms with Crippen molar-refractivity contribution in [3.8, 4) is 5.75 Å². The van der Waals surface area contributed by atoms with Crippen molar-refractivity contribution in [2.24, 2.45) is 5.73 Å². The quantitative estimate of drug-likeness (QED) is 0.864. The first-order valence-electron chi connectivity index (χ1n) is 8.56. The van der Waals surface area contributed by atoms with Crippen LogP contribution in [0.4, 0.5) is 0 Å². The van der Waals surface area contributed by atoms with Crippen LogP contribution in [-0.2, 0) is 6.54 Å². The highest BCUT2D eigenvalue weighted by molar-refractivity contribution is 5.90. The number of nitrogens with two attached hydrogens (primary N) is 1. The molecule has 0 aliphatic carbocycles. The predicted octanol–water partition coefficient (Wildman–Crippen LogP) is 1.91. The summed E-state index contributed by atoms with van der Waals surface area (Å²) in [6.07, 6.45) is 4.04. The van der Waals surface area contributed by atoms with Crippen LogP contribution in [0, 0.1) is 13.8 Å². The number of nitrogens with one attached hydrogen (secondary N) is 1. The molecule has 3 N–H and O–H groups in total. The fourth-order valence-corrected chi connectivity index (χ4v) is 3.57. The minimum atomic E-state index is -0.498. The molecule has 2 aromatic heterocycles. The van der Waals surface area contributed by atoms with Crippen LogP contribution in [0.1, 0.15) is 51.8 Å². The van der Waals surface area contributed by atoms with Crippen molar-refractivity contribution in [3.63, 3.8) is 0 Å². The number of carbonyl (C=O) groups excluding carboxylic acids is 1. The van der Waals surface area contributed by atoms with Gasteiger partial charge in [0.15, 0.2) is 0 Å². The van der Waals surface area contributed by atoms with E-state index in [1.54, 1.807) is 13.2 Å². The van der Waals surface area contributed by atoms with Crippen molar-refractivity contribution in [2.45, 2.75) is 39.2 Å². The highest BCUT2D eigenvalue weighted by Gasteiger charge is 2.24. The lowest BCUT2D eigenvalue weighted by molar-refractivity contribution is 0.0995. The number of piperidine rings is 1. The maximum atomic E-state index is 11.2. The van der Waals surface area contributed by atoms with Gasteiger partial charge in [-0.15, -0.1) is 0 Å². The van der Waals surface area contributed by atoms with Gasteiger partial charge in [0.2, 0.25) is 0 Å².